The lowest BCUT2D eigenvalue weighted by atomic mass is 9.12. The first-order chi connectivity index (χ1) is 40.4. The van der Waals surface area contributed by atoms with Crippen LogP contribution in [0.1, 0.15) is 70.9 Å². The molecular formula is C57H31BF24N4O2. The quantitative estimate of drug-likeness (QED) is 0.0246. The Hall–Kier alpha value is -9.02. The van der Waals surface area contributed by atoms with Gasteiger partial charge in [-0.25, -0.2) is 0 Å². The van der Waals surface area contributed by atoms with E-state index in [4.69, 9.17) is 5.53 Å². The summed E-state index contributed by atoms with van der Waals surface area (Å²) in [6.07, 6.45) is -54.7. The van der Waals surface area contributed by atoms with Crippen LogP contribution in [-0.4, -0.2) is 17.7 Å². The van der Waals surface area contributed by atoms with Crippen molar-refractivity contribution in [1.29, 1.82) is 0 Å². The molecule has 0 N–H and O–H groups in total. The molecule has 0 spiro atoms. The van der Waals surface area contributed by atoms with Crippen LogP contribution in [0.2, 0.25) is 0 Å². The van der Waals surface area contributed by atoms with E-state index in [0.29, 0.717) is 16.8 Å². The summed E-state index contributed by atoms with van der Waals surface area (Å²) < 4.78 is 343. The summed E-state index contributed by atoms with van der Waals surface area (Å²) in [6, 6.07) is 18.5. The number of fused-ring (bicyclic) bond motifs is 1. The third-order valence-corrected chi connectivity index (χ3v) is 13.5. The number of hydrogen-bond donors (Lipinski definition) is 0. The number of halogens is 24. The predicted molar refractivity (Wildman–Crippen MR) is 268 cm³/mol. The summed E-state index contributed by atoms with van der Waals surface area (Å²) in [5, 5.41) is 4.56. The zero-order valence-electron chi connectivity index (χ0n) is 43.3. The number of alkyl halides is 24. The van der Waals surface area contributed by atoms with Gasteiger partial charge in [-0.3, -0.25) is 9.59 Å². The summed E-state index contributed by atoms with van der Waals surface area (Å²) in [7, 11) is 0. The Kier molecular flexibility index (Phi) is 18.1. The van der Waals surface area contributed by atoms with E-state index < -0.39 is 195 Å². The van der Waals surface area contributed by atoms with E-state index >= 15 is 0 Å². The zero-order valence-corrected chi connectivity index (χ0v) is 43.3. The first-order valence-corrected chi connectivity index (χ1v) is 24.4. The number of hydrogen-bond acceptors (Lipinski definition) is 3. The fraction of sp³-hybridized carbons (Fsp3) is 0.175. The molecule has 31 heteroatoms. The van der Waals surface area contributed by atoms with Gasteiger partial charge < -0.3 is 0 Å². The van der Waals surface area contributed by atoms with Gasteiger partial charge in [-0.2, -0.15) is 132 Å². The van der Waals surface area contributed by atoms with Gasteiger partial charge in [-0.1, -0.05) is 114 Å². The standard InChI is InChI=1S/C32H12BF24.C25H19N4O2/c34-25(35,36)13-1-14(26(37,38)39)6-21(5-13)33(22-7-15(27(40,41)42)2-16(8-22)28(43,44)45,23-9-17(29(46,47)48)3-18(10-23)30(49,50)51)24-11-19(31(52,53)54)4-20(12-24)32(55,56)57;26-28-27-21-11-6-10-20(15-21)24(30)16-22-14-13-18-7-4-5-12-23(18)29(22)17-25(31)19-8-2-1-3-9-19/h1-12H;1-15H,16-17H2/q-1;+1. The molecule has 0 aliphatic rings. The minimum absolute atomic E-state index is 0.0268. The molecule has 6 nitrogen and oxygen atoms in total. The first-order valence-electron chi connectivity index (χ1n) is 24.4. The summed E-state index contributed by atoms with van der Waals surface area (Å²) >= 11 is 0. The van der Waals surface area contributed by atoms with E-state index in [0.717, 1.165) is 16.6 Å². The Morgan fingerprint density at radius 2 is 0.705 bits per heavy atom. The molecule has 462 valence electrons. The normalized spacial score (nSPS) is 13.0. The van der Waals surface area contributed by atoms with Gasteiger partial charge in [0, 0.05) is 39.2 Å². The number of carbonyl (C=O) groups excluding carboxylic acids is 2. The summed E-state index contributed by atoms with van der Waals surface area (Å²) in [4.78, 5) is 28.7. The van der Waals surface area contributed by atoms with E-state index in [9.17, 15) is 115 Å². The smallest absolute Gasteiger partial charge is 0.294 e. The molecule has 0 bridgehead atoms. The van der Waals surface area contributed by atoms with E-state index in [1.807, 2.05) is 59.2 Å². The number of azide groups is 1. The molecule has 0 unspecified atom stereocenters. The maximum absolute atomic E-state index is 14.2. The van der Waals surface area contributed by atoms with Crippen molar-refractivity contribution < 1.29 is 120 Å². The van der Waals surface area contributed by atoms with E-state index in [1.54, 1.807) is 36.4 Å². The van der Waals surface area contributed by atoms with Crippen LogP contribution >= 0.6 is 0 Å². The second kappa shape index (κ2) is 23.9. The van der Waals surface area contributed by atoms with Gasteiger partial charge in [-0.15, -0.1) is 0 Å². The third kappa shape index (κ3) is 15.0. The molecule has 0 aliphatic carbocycles. The van der Waals surface area contributed by atoms with Gasteiger partial charge in [0.15, 0.2) is 11.5 Å². The van der Waals surface area contributed by atoms with E-state index in [2.05, 4.69) is 10.0 Å². The Labute approximate surface area is 477 Å². The fourth-order valence-electron chi connectivity index (χ4n) is 9.64. The molecule has 1 aromatic heterocycles. The monoisotopic (exact) mass is 1270 g/mol. The minimum Gasteiger partial charge on any atom is -0.294 e. The summed E-state index contributed by atoms with van der Waals surface area (Å²) in [6.45, 7) is 0.132. The number of rotatable bonds is 11. The van der Waals surface area contributed by atoms with Crippen molar-refractivity contribution in [2.75, 3.05) is 0 Å². The Bertz CT molecular complexity index is 3550. The molecule has 1 heterocycles. The third-order valence-electron chi connectivity index (χ3n) is 13.5. The molecule has 8 aromatic rings. The van der Waals surface area contributed by atoms with Crippen LogP contribution in [0.25, 0.3) is 21.3 Å². The second-order valence-corrected chi connectivity index (χ2v) is 19.3. The van der Waals surface area contributed by atoms with Crippen LogP contribution in [-0.2, 0) is 62.4 Å². The number of aromatic nitrogens is 1. The van der Waals surface area contributed by atoms with Gasteiger partial charge >= 0.3 is 49.4 Å². The molecule has 88 heavy (non-hydrogen) atoms. The second-order valence-electron chi connectivity index (χ2n) is 19.3. The maximum Gasteiger partial charge on any atom is 0.416 e. The number of carbonyl (C=O) groups is 2. The minimum atomic E-state index is -6.13. The number of benzene rings is 7. The summed E-state index contributed by atoms with van der Waals surface area (Å²) in [5.74, 6) is -0.146. The Morgan fingerprint density at radius 3 is 1.05 bits per heavy atom. The van der Waals surface area contributed by atoms with Crippen molar-refractivity contribution in [3.63, 3.8) is 0 Å². The van der Waals surface area contributed by atoms with Crippen LogP contribution in [0.5, 0.6) is 0 Å². The van der Waals surface area contributed by atoms with Gasteiger partial charge in [0.1, 0.15) is 6.15 Å². The number of nitrogens with zero attached hydrogens (tertiary/aromatic N) is 4. The van der Waals surface area contributed by atoms with Crippen molar-refractivity contribution in [2.24, 2.45) is 5.11 Å². The molecule has 0 aliphatic heterocycles. The van der Waals surface area contributed by atoms with Crippen LogP contribution in [0, 0.1) is 0 Å². The molecule has 0 amide bonds. The lowest BCUT2D eigenvalue weighted by molar-refractivity contribution is -0.664. The van der Waals surface area contributed by atoms with Gasteiger partial charge in [0.05, 0.1) is 50.9 Å². The molecule has 7 aromatic carbocycles. The zero-order chi connectivity index (χ0) is 65.5. The van der Waals surface area contributed by atoms with Crippen LogP contribution in [0.4, 0.5) is 111 Å². The van der Waals surface area contributed by atoms with Gasteiger partial charge in [-0.05, 0) is 48.0 Å². The first kappa shape index (κ1) is 66.5. The lowest BCUT2D eigenvalue weighted by Gasteiger charge is -2.46. The molecule has 0 saturated carbocycles. The van der Waals surface area contributed by atoms with Gasteiger partial charge in [0.2, 0.25) is 17.8 Å². The van der Waals surface area contributed by atoms with Crippen molar-refractivity contribution in [1.82, 2.24) is 0 Å². The average Bonchev–Trinajstić information content (AvgIpc) is 0.752. The van der Waals surface area contributed by atoms with Crippen molar-refractivity contribution in [2.45, 2.75) is 62.4 Å². The van der Waals surface area contributed by atoms with E-state index in [-0.39, 0.29) is 24.5 Å². The highest BCUT2D eigenvalue weighted by Crippen LogP contribution is 2.42. The number of para-hydroxylation sites is 1. The van der Waals surface area contributed by atoms with Crippen LogP contribution in [0.3, 0.4) is 0 Å². The molecule has 0 atom stereocenters. The molecule has 0 saturated heterocycles. The SMILES string of the molecule is FC(F)(F)c1cc([B-](c2cc(C(F)(F)F)cc(C(F)(F)F)c2)(c2cc(C(F)(F)F)cc(C(F)(F)F)c2)c2cc(C(F)(F)F)cc(C(F)(F)F)c2)cc(C(F)(F)F)c1.[N-]=[N+]=Nc1cccc(C(=O)Cc2ccc3ccccc3[n+]2CC(=O)c2ccccc2)c1. The predicted octanol–water partition coefficient (Wildman–Crippen LogP) is 16.6. The van der Waals surface area contributed by atoms with E-state index in [1.165, 1.54) is 0 Å². The van der Waals surface area contributed by atoms with Crippen LogP contribution < -0.4 is 26.4 Å². The molecule has 0 fully saturated rings. The molecule has 0 radical (unpaired) electrons. The Balaban J connectivity index is 0.000000298. The van der Waals surface area contributed by atoms with Crippen molar-refractivity contribution in [3.8, 4) is 0 Å². The topological polar surface area (TPSA) is 86.8 Å². The lowest BCUT2D eigenvalue weighted by Crippen LogP contribution is -2.75. The maximum atomic E-state index is 14.2. The average molecular weight is 1270 g/mol. The van der Waals surface area contributed by atoms with Gasteiger partial charge in [0.25, 0.3) is 0 Å². The highest BCUT2D eigenvalue weighted by atomic mass is 19.4. The number of pyridine rings is 1. The highest BCUT2D eigenvalue weighted by molar-refractivity contribution is 7.20. The number of ketones is 2. The largest absolute Gasteiger partial charge is 0.416 e. The van der Waals surface area contributed by atoms with Crippen molar-refractivity contribution in [3.05, 3.63) is 236 Å². The molecule has 8 rings (SSSR count). The number of Topliss-reactive ketones (excluding diaryl/α,β-unsaturated/α-hetero) is 2. The Morgan fingerprint density at radius 1 is 0.375 bits per heavy atom. The fourth-order valence-corrected chi connectivity index (χ4v) is 9.64. The highest BCUT2D eigenvalue weighted by Gasteiger charge is 2.47. The van der Waals surface area contributed by atoms with Crippen LogP contribution in [0.15, 0.2) is 169 Å². The summed E-state index contributed by atoms with van der Waals surface area (Å²) in [5.41, 5.74) is -18.5. The van der Waals surface area contributed by atoms with Crippen molar-refractivity contribution >= 4 is 56.2 Å². The molecular weight excluding hydrogens is 1240 g/mol.